The second kappa shape index (κ2) is 11.0. The number of rotatable bonds is 8. The molecule has 2 heteroatoms. The minimum absolute atomic E-state index is 0.303. The largest absolute Gasteiger partial charge is 0.466 e. The molecule has 0 aromatic heterocycles. The van der Waals surface area contributed by atoms with E-state index >= 15 is 0 Å². The van der Waals surface area contributed by atoms with Gasteiger partial charge in [0.25, 0.3) is 0 Å². The Hall–Kier alpha value is -1.05. The van der Waals surface area contributed by atoms with Gasteiger partial charge in [0.1, 0.15) is 0 Å². The van der Waals surface area contributed by atoms with Crippen LogP contribution in [-0.4, -0.2) is 13.1 Å². The third-order valence-electron chi connectivity index (χ3n) is 2.16. The first-order valence-corrected chi connectivity index (χ1v) is 5.72. The highest BCUT2D eigenvalue weighted by atomic mass is 16.5. The van der Waals surface area contributed by atoms with Crippen LogP contribution in [0.1, 0.15) is 45.4 Å². The summed E-state index contributed by atoms with van der Waals surface area (Å²) in [6.07, 6.45) is 14.7. The van der Waals surface area contributed by atoms with Crippen LogP contribution >= 0.6 is 0 Å². The van der Waals surface area contributed by atoms with Gasteiger partial charge in [-0.15, -0.1) is 0 Å². The summed E-state index contributed by atoms with van der Waals surface area (Å²) in [6, 6.07) is 0. The Morgan fingerprint density at radius 1 is 1.13 bits per heavy atom. The molecule has 0 amide bonds. The Labute approximate surface area is 93.0 Å². The van der Waals surface area contributed by atoms with E-state index in [-0.39, 0.29) is 5.97 Å². The van der Waals surface area contributed by atoms with Crippen molar-refractivity contribution in [2.24, 2.45) is 0 Å². The molecule has 0 unspecified atom stereocenters. The van der Waals surface area contributed by atoms with E-state index in [0.29, 0.717) is 0 Å². The monoisotopic (exact) mass is 210 g/mol. The zero-order valence-corrected chi connectivity index (χ0v) is 9.87. The Morgan fingerprint density at radius 3 is 2.53 bits per heavy atom. The Kier molecular flexibility index (Phi) is 10.3. The minimum Gasteiger partial charge on any atom is -0.466 e. The summed E-state index contributed by atoms with van der Waals surface area (Å²) >= 11 is 0. The molecule has 0 aliphatic heterocycles. The van der Waals surface area contributed by atoms with Gasteiger partial charge in [-0.25, -0.2) is 4.79 Å². The summed E-state index contributed by atoms with van der Waals surface area (Å²) in [5.41, 5.74) is 0. The molecule has 0 fully saturated rings. The summed E-state index contributed by atoms with van der Waals surface area (Å²) in [7, 11) is 1.38. The summed E-state index contributed by atoms with van der Waals surface area (Å²) in [6.45, 7) is 2.22. The van der Waals surface area contributed by atoms with Crippen molar-refractivity contribution in [3.05, 3.63) is 24.3 Å². The average molecular weight is 210 g/mol. The molecule has 0 atom stereocenters. The van der Waals surface area contributed by atoms with Crippen LogP contribution in [0, 0.1) is 0 Å². The van der Waals surface area contributed by atoms with Gasteiger partial charge in [-0.1, -0.05) is 50.8 Å². The van der Waals surface area contributed by atoms with Crippen molar-refractivity contribution < 1.29 is 9.53 Å². The van der Waals surface area contributed by atoms with Gasteiger partial charge in [0.15, 0.2) is 0 Å². The molecule has 0 saturated carbocycles. The molecule has 0 radical (unpaired) electrons. The first-order valence-electron chi connectivity index (χ1n) is 5.72. The van der Waals surface area contributed by atoms with Crippen molar-refractivity contribution in [3.63, 3.8) is 0 Å². The molecule has 15 heavy (non-hydrogen) atoms. The molecule has 86 valence electrons. The molecule has 0 aromatic rings. The second-order valence-electron chi connectivity index (χ2n) is 3.51. The maximum absolute atomic E-state index is 10.7. The van der Waals surface area contributed by atoms with Gasteiger partial charge in [-0.05, 0) is 12.8 Å². The zero-order valence-electron chi connectivity index (χ0n) is 9.87. The number of esters is 1. The summed E-state index contributed by atoms with van der Waals surface area (Å²) < 4.78 is 4.46. The Bertz CT molecular complexity index is 205. The van der Waals surface area contributed by atoms with Crippen LogP contribution in [0.15, 0.2) is 24.3 Å². The smallest absolute Gasteiger partial charge is 0.330 e. The molecule has 0 aliphatic carbocycles. The highest BCUT2D eigenvalue weighted by molar-refractivity contribution is 5.82. The van der Waals surface area contributed by atoms with Gasteiger partial charge in [-0.2, -0.15) is 0 Å². The lowest BCUT2D eigenvalue weighted by atomic mass is 10.1. The lowest BCUT2D eigenvalue weighted by molar-refractivity contribution is -0.134. The fourth-order valence-electron chi connectivity index (χ4n) is 1.24. The van der Waals surface area contributed by atoms with Crippen molar-refractivity contribution in [2.45, 2.75) is 45.4 Å². The minimum atomic E-state index is -0.303. The molecule has 0 N–H and O–H groups in total. The number of ether oxygens (including phenoxy) is 1. The Balaban J connectivity index is 3.31. The topological polar surface area (TPSA) is 26.3 Å². The maximum atomic E-state index is 10.7. The number of methoxy groups -OCH3 is 1. The van der Waals surface area contributed by atoms with E-state index in [4.69, 9.17) is 0 Å². The predicted octanol–water partition coefficient (Wildman–Crippen LogP) is 3.63. The van der Waals surface area contributed by atoms with Crippen LogP contribution in [0.25, 0.3) is 0 Å². The third kappa shape index (κ3) is 10.9. The number of carbonyl (C=O) groups is 1. The van der Waals surface area contributed by atoms with Crippen LogP contribution in [0.3, 0.4) is 0 Å². The lowest BCUT2D eigenvalue weighted by Gasteiger charge is -1.95. The van der Waals surface area contributed by atoms with Crippen LogP contribution in [0.2, 0.25) is 0 Å². The van der Waals surface area contributed by atoms with E-state index in [0.717, 1.165) is 6.42 Å². The van der Waals surface area contributed by atoms with Gasteiger partial charge in [-0.3, -0.25) is 0 Å². The van der Waals surface area contributed by atoms with Gasteiger partial charge in [0.05, 0.1) is 7.11 Å². The molecule has 0 rings (SSSR count). The van der Waals surface area contributed by atoms with Gasteiger partial charge in [0, 0.05) is 6.08 Å². The number of carbonyl (C=O) groups excluding carboxylic acids is 1. The number of hydrogen-bond acceptors (Lipinski definition) is 2. The molecule has 2 nitrogen and oxygen atoms in total. The summed E-state index contributed by atoms with van der Waals surface area (Å²) in [5, 5.41) is 0. The lowest BCUT2D eigenvalue weighted by Crippen LogP contribution is -1.92. The first-order chi connectivity index (χ1) is 7.31. The molecule has 0 saturated heterocycles. The van der Waals surface area contributed by atoms with Crippen LogP contribution in [0.4, 0.5) is 0 Å². The molecule has 0 aliphatic rings. The third-order valence-corrected chi connectivity index (χ3v) is 2.16. The molecule has 0 bridgehead atoms. The standard InChI is InChI=1S/C13H22O2/c1-3-4-5-6-7-8-9-10-11-12-13(14)15-2/h9-12H,3-8H2,1-2H3/b10-9+,12-11+. The van der Waals surface area contributed by atoms with Crippen molar-refractivity contribution in [2.75, 3.05) is 7.11 Å². The predicted molar refractivity (Wildman–Crippen MR) is 63.7 cm³/mol. The van der Waals surface area contributed by atoms with Gasteiger partial charge >= 0.3 is 5.97 Å². The first kappa shape index (κ1) is 13.9. The Morgan fingerprint density at radius 2 is 1.87 bits per heavy atom. The van der Waals surface area contributed by atoms with Crippen molar-refractivity contribution in [3.8, 4) is 0 Å². The molecular formula is C13H22O2. The van der Waals surface area contributed by atoms with Crippen LogP contribution < -0.4 is 0 Å². The fourth-order valence-corrected chi connectivity index (χ4v) is 1.24. The highest BCUT2D eigenvalue weighted by Gasteiger charge is 1.87. The van der Waals surface area contributed by atoms with Crippen LogP contribution in [0.5, 0.6) is 0 Å². The van der Waals surface area contributed by atoms with Crippen molar-refractivity contribution in [1.29, 1.82) is 0 Å². The van der Waals surface area contributed by atoms with E-state index in [1.54, 1.807) is 6.08 Å². The number of allylic oxidation sites excluding steroid dienone is 3. The van der Waals surface area contributed by atoms with E-state index < -0.39 is 0 Å². The maximum Gasteiger partial charge on any atom is 0.330 e. The SMILES string of the molecule is CCCCCCC/C=C/C=C/C(=O)OC. The number of hydrogen-bond donors (Lipinski definition) is 0. The van der Waals surface area contributed by atoms with Crippen molar-refractivity contribution in [1.82, 2.24) is 0 Å². The van der Waals surface area contributed by atoms with E-state index in [1.807, 2.05) is 6.08 Å². The summed E-state index contributed by atoms with van der Waals surface area (Å²) in [4.78, 5) is 10.7. The fraction of sp³-hybridized carbons (Fsp3) is 0.615. The molecular weight excluding hydrogens is 188 g/mol. The number of unbranched alkanes of at least 4 members (excludes halogenated alkanes) is 5. The van der Waals surface area contributed by atoms with Gasteiger partial charge in [0.2, 0.25) is 0 Å². The van der Waals surface area contributed by atoms with Crippen molar-refractivity contribution >= 4 is 5.97 Å². The molecule has 0 aromatic carbocycles. The zero-order chi connectivity index (χ0) is 11.4. The van der Waals surface area contributed by atoms with Crippen LogP contribution in [-0.2, 0) is 9.53 Å². The average Bonchev–Trinajstić information content (AvgIpc) is 2.26. The van der Waals surface area contributed by atoms with E-state index in [1.165, 1.54) is 45.3 Å². The quantitative estimate of drug-likeness (QED) is 0.265. The highest BCUT2D eigenvalue weighted by Crippen LogP contribution is 2.05. The van der Waals surface area contributed by atoms with Gasteiger partial charge < -0.3 is 4.74 Å². The molecule has 0 spiro atoms. The van der Waals surface area contributed by atoms with E-state index in [9.17, 15) is 4.79 Å². The molecule has 0 heterocycles. The van der Waals surface area contributed by atoms with E-state index in [2.05, 4.69) is 17.7 Å². The normalized spacial score (nSPS) is 11.3. The second-order valence-corrected chi connectivity index (χ2v) is 3.51. The summed E-state index contributed by atoms with van der Waals surface area (Å²) in [5.74, 6) is -0.303.